The average molecular weight is 608 g/mol. The van der Waals surface area contributed by atoms with E-state index in [2.05, 4.69) is 10.4 Å². The van der Waals surface area contributed by atoms with E-state index in [0.717, 1.165) is 17.3 Å². The number of anilines is 1. The van der Waals surface area contributed by atoms with E-state index in [-0.39, 0.29) is 29.9 Å². The second-order valence-electron chi connectivity index (χ2n) is 11.3. The number of nitrogens with one attached hydrogen (secondary N) is 2. The largest absolute Gasteiger partial charge is 0.417 e. The Bertz CT molecular complexity index is 1530. The van der Waals surface area contributed by atoms with Gasteiger partial charge in [0.2, 0.25) is 15.9 Å². The maximum Gasteiger partial charge on any atom is 0.417 e. The molecule has 10 nitrogen and oxygen atoms in total. The summed E-state index contributed by atoms with van der Waals surface area (Å²) >= 11 is 0. The van der Waals surface area contributed by atoms with Crippen LogP contribution >= 0.6 is 0 Å². The van der Waals surface area contributed by atoms with E-state index in [1.165, 1.54) is 28.4 Å². The predicted octanol–water partition coefficient (Wildman–Crippen LogP) is 3.36. The zero-order valence-electron chi connectivity index (χ0n) is 24.0. The van der Waals surface area contributed by atoms with Crippen LogP contribution in [0.5, 0.6) is 0 Å². The lowest BCUT2D eigenvalue weighted by Gasteiger charge is -2.39. The lowest BCUT2D eigenvalue weighted by Crippen LogP contribution is -2.48. The van der Waals surface area contributed by atoms with Gasteiger partial charge in [0.1, 0.15) is 5.84 Å². The number of amidine groups is 1. The molecule has 1 amide bonds. The van der Waals surface area contributed by atoms with Gasteiger partial charge in [0.15, 0.2) is 0 Å². The van der Waals surface area contributed by atoms with Gasteiger partial charge in [-0.3, -0.25) is 14.9 Å². The van der Waals surface area contributed by atoms with Crippen molar-refractivity contribution < 1.29 is 26.4 Å². The van der Waals surface area contributed by atoms with Crippen LogP contribution in [0.15, 0.2) is 35.8 Å². The first-order valence-corrected chi connectivity index (χ1v) is 15.9. The summed E-state index contributed by atoms with van der Waals surface area (Å²) in [6.45, 7) is 3.24. The molecule has 3 aliphatic heterocycles. The van der Waals surface area contributed by atoms with Crippen molar-refractivity contribution in [3.8, 4) is 11.1 Å². The van der Waals surface area contributed by atoms with E-state index in [1.807, 2.05) is 0 Å². The maximum absolute atomic E-state index is 14.4. The van der Waals surface area contributed by atoms with Gasteiger partial charge >= 0.3 is 6.18 Å². The van der Waals surface area contributed by atoms with Gasteiger partial charge in [-0.15, -0.1) is 0 Å². The number of rotatable bonds is 5. The SMILES string of the molecule is CC(=O)N1CCC(NC2CCN(S(C)(=O)=O)CC2)=C(C(=N)N2CCCc3cc(-c4cnn(C)c4)c(C(F)(F)F)cc32)C1. The Labute approximate surface area is 243 Å². The highest BCUT2D eigenvalue weighted by molar-refractivity contribution is 7.88. The number of halogens is 3. The van der Waals surface area contributed by atoms with Crippen LogP contribution in [0.25, 0.3) is 11.1 Å². The molecule has 0 atom stereocenters. The van der Waals surface area contributed by atoms with Crippen molar-refractivity contribution in [2.24, 2.45) is 7.05 Å². The van der Waals surface area contributed by atoms with E-state index in [9.17, 15) is 31.8 Å². The summed E-state index contributed by atoms with van der Waals surface area (Å²) in [6.07, 6.45) is 2.44. The highest BCUT2D eigenvalue weighted by Gasteiger charge is 2.37. The fraction of sp³-hybridized carbons (Fsp3) is 0.536. The monoisotopic (exact) mass is 607 g/mol. The quantitative estimate of drug-likeness (QED) is 0.398. The third-order valence-corrected chi connectivity index (χ3v) is 9.61. The van der Waals surface area contributed by atoms with Crippen molar-refractivity contribution >= 4 is 27.5 Å². The minimum atomic E-state index is -4.62. The molecule has 0 saturated carbocycles. The zero-order chi connectivity index (χ0) is 30.4. The summed E-state index contributed by atoms with van der Waals surface area (Å²) in [4.78, 5) is 15.6. The Morgan fingerprint density at radius 2 is 1.83 bits per heavy atom. The number of carbonyl (C=O) groups is 1. The highest BCUT2D eigenvalue weighted by Crippen LogP contribution is 2.43. The van der Waals surface area contributed by atoms with E-state index in [4.69, 9.17) is 0 Å². The number of benzene rings is 1. The molecule has 1 saturated heterocycles. The number of fused-ring (bicyclic) bond motifs is 1. The van der Waals surface area contributed by atoms with Crippen molar-refractivity contribution in [3.63, 3.8) is 0 Å². The Kier molecular flexibility index (Phi) is 8.14. The van der Waals surface area contributed by atoms with E-state index in [1.54, 1.807) is 29.1 Å². The minimum absolute atomic E-state index is 0.0165. The van der Waals surface area contributed by atoms with E-state index < -0.39 is 21.8 Å². The van der Waals surface area contributed by atoms with Gasteiger partial charge in [0, 0.05) is 81.3 Å². The third kappa shape index (κ3) is 6.19. The molecule has 0 bridgehead atoms. The topological polar surface area (TPSA) is 115 Å². The molecule has 42 heavy (non-hydrogen) atoms. The molecular formula is C28H36F3N7O3S. The first-order valence-electron chi connectivity index (χ1n) is 14.0. The van der Waals surface area contributed by atoms with Crippen molar-refractivity contribution in [2.75, 3.05) is 43.9 Å². The number of hydrogen-bond acceptors (Lipinski definition) is 6. The van der Waals surface area contributed by atoms with Crippen molar-refractivity contribution in [1.29, 1.82) is 5.41 Å². The van der Waals surface area contributed by atoms with Crippen LogP contribution in [0.4, 0.5) is 18.9 Å². The standard InChI is InChI=1S/C28H36F3N7O3S/c1-18(39)36-10-8-25(34-21-6-11-37(12-7-21)42(3,40)41)23(17-36)27(32)38-9-4-5-19-13-22(20-15-33-35(2)16-20)24(14-26(19)38)28(29,30)31/h13-16,21,32,34H,4-12,17H2,1-3H3. The fourth-order valence-corrected chi connectivity index (χ4v) is 6.92. The molecule has 0 spiro atoms. The second-order valence-corrected chi connectivity index (χ2v) is 13.2. The van der Waals surface area contributed by atoms with Gasteiger partial charge in [-0.25, -0.2) is 12.7 Å². The van der Waals surface area contributed by atoms with Gasteiger partial charge in [-0.2, -0.15) is 18.3 Å². The number of aromatic nitrogens is 2. The Morgan fingerprint density at radius 3 is 2.43 bits per heavy atom. The first kappa shape index (κ1) is 30.1. The third-order valence-electron chi connectivity index (χ3n) is 8.31. The van der Waals surface area contributed by atoms with Crippen LogP contribution in [0, 0.1) is 5.41 Å². The highest BCUT2D eigenvalue weighted by atomic mass is 32.2. The summed E-state index contributed by atoms with van der Waals surface area (Å²) < 4.78 is 69.9. The van der Waals surface area contributed by atoms with Crippen LogP contribution in [0.2, 0.25) is 0 Å². The average Bonchev–Trinajstić information content (AvgIpc) is 3.37. The Hall–Kier alpha value is -3.39. The number of nitrogens with zero attached hydrogens (tertiary/aromatic N) is 5. The van der Waals surface area contributed by atoms with Crippen LogP contribution < -0.4 is 10.2 Å². The summed E-state index contributed by atoms with van der Waals surface area (Å²) in [5.41, 5.74) is 2.07. The molecule has 1 aromatic heterocycles. The maximum atomic E-state index is 14.4. The minimum Gasteiger partial charge on any atom is -0.385 e. The molecule has 5 rings (SSSR count). The number of aryl methyl sites for hydroxylation is 2. The molecule has 0 aliphatic carbocycles. The molecule has 4 heterocycles. The number of sulfonamides is 1. The predicted molar refractivity (Wildman–Crippen MR) is 154 cm³/mol. The second kappa shape index (κ2) is 11.4. The Morgan fingerprint density at radius 1 is 1.12 bits per heavy atom. The molecule has 0 radical (unpaired) electrons. The van der Waals surface area contributed by atoms with Gasteiger partial charge < -0.3 is 15.1 Å². The summed E-state index contributed by atoms with van der Waals surface area (Å²) in [5, 5.41) is 16.8. The number of hydrogen-bond donors (Lipinski definition) is 2. The molecule has 1 fully saturated rings. The van der Waals surface area contributed by atoms with Crippen LogP contribution in [0.3, 0.4) is 0 Å². The first-order chi connectivity index (χ1) is 19.7. The van der Waals surface area contributed by atoms with Crippen molar-refractivity contribution in [1.82, 2.24) is 24.3 Å². The number of piperidine rings is 1. The number of alkyl halides is 3. The van der Waals surface area contributed by atoms with Gasteiger partial charge in [-0.05, 0) is 48.9 Å². The lowest BCUT2D eigenvalue weighted by atomic mass is 9.92. The summed E-state index contributed by atoms with van der Waals surface area (Å²) in [7, 11) is -1.62. The molecule has 0 unspecified atom stereocenters. The normalized spacial score (nSPS) is 19.2. The molecule has 228 valence electrons. The van der Waals surface area contributed by atoms with Crippen LogP contribution in [-0.2, 0) is 34.5 Å². The van der Waals surface area contributed by atoms with E-state index in [0.29, 0.717) is 75.1 Å². The van der Waals surface area contributed by atoms with Crippen LogP contribution in [-0.4, -0.2) is 84.2 Å². The summed E-state index contributed by atoms with van der Waals surface area (Å²) in [5.74, 6) is -0.0689. The van der Waals surface area contributed by atoms with Gasteiger partial charge in [-0.1, -0.05) is 0 Å². The van der Waals surface area contributed by atoms with Crippen molar-refractivity contribution in [3.05, 3.63) is 46.9 Å². The number of amides is 1. The molecule has 14 heteroatoms. The molecule has 3 aliphatic rings. The van der Waals surface area contributed by atoms with Gasteiger partial charge in [0.25, 0.3) is 0 Å². The van der Waals surface area contributed by atoms with E-state index >= 15 is 0 Å². The van der Waals surface area contributed by atoms with Crippen molar-refractivity contribution in [2.45, 2.75) is 51.2 Å². The summed E-state index contributed by atoms with van der Waals surface area (Å²) in [6, 6.07) is 2.70. The van der Waals surface area contributed by atoms with Crippen LogP contribution in [0.1, 0.15) is 43.7 Å². The Balaban J connectivity index is 1.49. The molecular weight excluding hydrogens is 571 g/mol. The molecule has 2 N–H and O–H groups in total. The number of carbonyl (C=O) groups excluding carboxylic acids is 1. The zero-order valence-corrected chi connectivity index (χ0v) is 24.8. The smallest absolute Gasteiger partial charge is 0.385 e. The molecule has 2 aromatic rings. The lowest BCUT2D eigenvalue weighted by molar-refractivity contribution is -0.137. The fourth-order valence-electron chi connectivity index (χ4n) is 6.05. The molecule has 1 aromatic carbocycles. The van der Waals surface area contributed by atoms with Gasteiger partial charge in [0.05, 0.1) is 24.6 Å².